The van der Waals surface area contributed by atoms with Crippen LogP contribution in [0.15, 0.2) is 57.1 Å². The number of benzene rings is 1. The first kappa shape index (κ1) is 16.8. The molecule has 1 aliphatic rings. The summed E-state index contributed by atoms with van der Waals surface area (Å²) in [6.07, 6.45) is 1.70. The number of thiophene rings is 1. The quantitative estimate of drug-likeness (QED) is 0.725. The summed E-state index contributed by atoms with van der Waals surface area (Å²) in [7, 11) is 0. The minimum Gasteiger partial charge on any atom is -0.387 e. The molecule has 26 heavy (non-hydrogen) atoms. The van der Waals surface area contributed by atoms with Gasteiger partial charge in [-0.05, 0) is 36.8 Å². The normalized spacial score (nSPS) is 16.2. The van der Waals surface area contributed by atoms with Gasteiger partial charge in [0.25, 0.3) is 5.89 Å². The van der Waals surface area contributed by atoms with Crippen molar-refractivity contribution in [2.24, 2.45) is 0 Å². The number of carbonyl (C=O) groups excluding carboxylic acids is 1. The molecule has 7 heteroatoms. The van der Waals surface area contributed by atoms with Gasteiger partial charge in [0.05, 0.1) is 16.8 Å². The fourth-order valence-electron chi connectivity index (χ4n) is 3.12. The van der Waals surface area contributed by atoms with E-state index in [1.807, 2.05) is 54.8 Å². The largest absolute Gasteiger partial charge is 0.437 e. The van der Waals surface area contributed by atoms with E-state index in [1.165, 1.54) is 16.0 Å². The highest BCUT2D eigenvalue weighted by molar-refractivity contribution is 7.13. The van der Waals surface area contributed by atoms with E-state index in [4.69, 9.17) is 4.42 Å². The van der Waals surface area contributed by atoms with Crippen molar-refractivity contribution < 1.29 is 9.21 Å². The van der Waals surface area contributed by atoms with Gasteiger partial charge in [-0.25, -0.2) is 4.79 Å². The number of aromatic nitrogens is 2. The number of carbonyl (C=O) groups is 1. The van der Waals surface area contributed by atoms with Crippen LogP contribution in [-0.2, 0) is 16.8 Å². The van der Waals surface area contributed by atoms with Gasteiger partial charge in [-0.2, -0.15) is 4.68 Å². The number of amides is 1. The fourth-order valence-corrected chi connectivity index (χ4v) is 3.76. The second-order valence-electron chi connectivity index (χ2n) is 6.66. The topological polar surface area (TPSA) is 77.1 Å². The van der Waals surface area contributed by atoms with E-state index < -0.39 is 11.2 Å². The van der Waals surface area contributed by atoms with Gasteiger partial charge in [-0.15, -0.1) is 16.4 Å². The molecule has 0 unspecified atom stereocenters. The van der Waals surface area contributed by atoms with Crippen LogP contribution in [0.2, 0.25) is 0 Å². The van der Waals surface area contributed by atoms with Crippen LogP contribution in [-0.4, -0.2) is 21.7 Å². The summed E-state index contributed by atoms with van der Waals surface area (Å²) >= 11 is 1.46. The molecular formula is C19H19N3O3S. The molecule has 1 fully saturated rings. The van der Waals surface area contributed by atoms with Gasteiger partial charge in [-0.1, -0.05) is 36.4 Å². The molecule has 1 aromatic carbocycles. The Balaban J connectivity index is 1.44. The average Bonchev–Trinajstić information content (AvgIpc) is 3.12. The first-order valence-corrected chi connectivity index (χ1v) is 9.45. The Hall–Kier alpha value is -2.67. The van der Waals surface area contributed by atoms with Crippen molar-refractivity contribution in [2.75, 3.05) is 0 Å². The lowest BCUT2D eigenvalue weighted by Gasteiger charge is -2.19. The predicted octanol–water partition coefficient (Wildman–Crippen LogP) is 2.80. The maximum absolute atomic E-state index is 12.8. The van der Waals surface area contributed by atoms with Gasteiger partial charge in [0.2, 0.25) is 5.91 Å². The van der Waals surface area contributed by atoms with E-state index in [1.54, 1.807) is 0 Å². The molecule has 3 aromatic rings. The van der Waals surface area contributed by atoms with Gasteiger partial charge in [0, 0.05) is 6.04 Å². The molecule has 0 bridgehead atoms. The van der Waals surface area contributed by atoms with E-state index >= 15 is 0 Å². The highest BCUT2D eigenvalue weighted by Gasteiger charge is 2.51. The molecule has 0 aliphatic heterocycles. The van der Waals surface area contributed by atoms with Crippen LogP contribution in [0.3, 0.4) is 0 Å². The summed E-state index contributed by atoms with van der Waals surface area (Å²) in [5, 5.41) is 9.15. The van der Waals surface area contributed by atoms with Crippen molar-refractivity contribution in [2.45, 2.75) is 37.8 Å². The average molecular weight is 369 g/mol. The summed E-state index contributed by atoms with van der Waals surface area (Å²) in [6.45, 7) is 2.13. The summed E-state index contributed by atoms with van der Waals surface area (Å²) in [6, 6.07) is 13.3. The first-order chi connectivity index (χ1) is 12.6. The molecule has 1 amide bonds. The van der Waals surface area contributed by atoms with E-state index in [-0.39, 0.29) is 18.5 Å². The Kier molecular flexibility index (Phi) is 4.24. The number of nitrogens with zero attached hydrogens (tertiary/aromatic N) is 2. The lowest BCUT2D eigenvalue weighted by Crippen LogP contribution is -2.43. The van der Waals surface area contributed by atoms with Crippen molar-refractivity contribution in [3.05, 3.63) is 64.0 Å². The number of hydrogen-bond donors (Lipinski definition) is 1. The van der Waals surface area contributed by atoms with Gasteiger partial charge in [0.15, 0.2) is 0 Å². The second-order valence-corrected chi connectivity index (χ2v) is 7.60. The summed E-state index contributed by atoms with van der Waals surface area (Å²) in [5.74, 6) is -0.198. The zero-order chi connectivity index (χ0) is 18.1. The van der Waals surface area contributed by atoms with Crippen LogP contribution in [0.25, 0.3) is 10.8 Å². The van der Waals surface area contributed by atoms with Crippen molar-refractivity contribution in [3.63, 3.8) is 0 Å². The molecule has 4 rings (SSSR count). The van der Waals surface area contributed by atoms with Gasteiger partial charge in [0.1, 0.15) is 0 Å². The monoisotopic (exact) mass is 369 g/mol. The van der Waals surface area contributed by atoms with Crippen LogP contribution < -0.4 is 11.1 Å². The van der Waals surface area contributed by atoms with Gasteiger partial charge in [-0.3, -0.25) is 4.79 Å². The van der Waals surface area contributed by atoms with Crippen LogP contribution in [0.1, 0.15) is 25.3 Å². The molecule has 2 aromatic heterocycles. The Labute approximate surface area is 154 Å². The van der Waals surface area contributed by atoms with Crippen LogP contribution in [0.5, 0.6) is 0 Å². The molecule has 1 saturated carbocycles. The Morgan fingerprint density at radius 2 is 2.08 bits per heavy atom. The first-order valence-electron chi connectivity index (χ1n) is 8.57. The van der Waals surface area contributed by atoms with Crippen LogP contribution in [0.4, 0.5) is 0 Å². The smallest absolute Gasteiger partial charge is 0.387 e. The lowest BCUT2D eigenvalue weighted by molar-refractivity contribution is -0.124. The predicted molar refractivity (Wildman–Crippen MR) is 99.0 cm³/mol. The lowest BCUT2D eigenvalue weighted by atomic mass is 9.95. The molecular weight excluding hydrogens is 350 g/mol. The molecule has 6 nitrogen and oxygen atoms in total. The van der Waals surface area contributed by atoms with Crippen LogP contribution >= 0.6 is 11.3 Å². The van der Waals surface area contributed by atoms with Gasteiger partial charge < -0.3 is 9.73 Å². The van der Waals surface area contributed by atoms with E-state index in [0.717, 1.165) is 23.3 Å². The minimum atomic E-state index is -0.515. The zero-order valence-corrected chi connectivity index (χ0v) is 15.2. The Bertz CT molecular complexity index is 956. The number of rotatable bonds is 6. The number of hydrogen-bond acceptors (Lipinski definition) is 5. The third kappa shape index (κ3) is 3.10. The maximum atomic E-state index is 12.8. The molecule has 2 heterocycles. The zero-order valence-electron chi connectivity index (χ0n) is 14.3. The maximum Gasteiger partial charge on any atom is 0.437 e. The fraction of sp³-hybridized carbons (Fsp3) is 0.316. The Morgan fingerprint density at radius 1 is 1.31 bits per heavy atom. The standard InChI is InChI=1S/C19H19N3O3S/c1-13(12-22-18(24)25-16(21-22)15-8-5-11-26-15)20-17(23)19(9-10-19)14-6-3-2-4-7-14/h2-8,11,13H,9-10,12H2,1H3,(H,20,23)/t13-/m0/s1. The SMILES string of the molecule is C[C@@H](Cn1nc(-c2cccs2)oc1=O)NC(=O)C1(c2ccccc2)CC1. The summed E-state index contributed by atoms with van der Waals surface area (Å²) < 4.78 is 6.47. The van der Waals surface area contributed by atoms with E-state index in [0.29, 0.717) is 5.89 Å². The highest BCUT2D eigenvalue weighted by Crippen LogP contribution is 2.48. The Morgan fingerprint density at radius 3 is 2.73 bits per heavy atom. The number of nitrogens with one attached hydrogen (secondary N) is 1. The third-order valence-corrected chi connectivity index (χ3v) is 5.53. The van der Waals surface area contributed by atoms with Crippen LogP contribution in [0, 0.1) is 0 Å². The molecule has 1 aliphatic carbocycles. The second kappa shape index (κ2) is 6.57. The van der Waals surface area contributed by atoms with E-state index in [2.05, 4.69) is 10.4 Å². The summed E-state index contributed by atoms with van der Waals surface area (Å²) in [5.41, 5.74) is 0.621. The van der Waals surface area contributed by atoms with E-state index in [9.17, 15) is 9.59 Å². The summed E-state index contributed by atoms with van der Waals surface area (Å²) in [4.78, 5) is 25.6. The minimum absolute atomic E-state index is 0.00576. The molecule has 1 atom stereocenters. The molecule has 0 saturated heterocycles. The highest BCUT2D eigenvalue weighted by atomic mass is 32.1. The molecule has 134 valence electrons. The molecule has 0 spiro atoms. The van der Waals surface area contributed by atoms with Crippen molar-refractivity contribution in [1.29, 1.82) is 0 Å². The van der Waals surface area contributed by atoms with Crippen molar-refractivity contribution in [3.8, 4) is 10.8 Å². The molecule has 1 N–H and O–H groups in total. The van der Waals surface area contributed by atoms with Crippen molar-refractivity contribution >= 4 is 17.2 Å². The molecule has 0 radical (unpaired) electrons. The van der Waals surface area contributed by atoms with Gasteiger partial charge >= 0.3 is 5.76 Å². The van der Waals surface area contributed by atoms with Crippen molar-refractivity contribution in [1.82, 2.24) is 15.1 Å². The third-order valence-electron chi connectivity index (χ3n) is 4.67.